The normalized spacial score (nSPS) is 40.0. The molecule has 0 amide bonds. The molecule has 3 aliphatic rings. The van der Waals surface area contributed by atoms with E-state index in [1.54, 1.807) is 0 Å². The Labute approximate surface area is 112 Å². The van der Waals surface area contributed by atoms with Gasteiger partial charge in [-0.15, -0.1) is 0 Å². The van der Waals surface area contributed by atoms with E-state index in [0.29, 0.717) is 5.54 Å². The highest BCUT2D eigenvalue weighted by Crippen LogP contribution is 2.40. The van der Waals surface area contributed by atoms with Gasteiger partial charge in [0.15, 0.2) is 0 Å². The standard InChI is InChI=1S/C15H29N3/c1-17-10-8-15(11-16,12-17)18-9-4-7-14(18)13-5-2-3-6-13/h13-14H,2-12,16H2,1H3. The lowest BCUT2D eigenvalue weighted by Gasteiger charge is -2.43. The Morgan fingerprint density at radius 1 is 1.11 bits per heavy atom. The van der Waals surface area contributed by atoms with Gasteiger partial charge >= 0.3 is 0 Å². The maximum Gasteiger partial charge on any atom is 0.0473 e. The third kappa shape index (κ3) is 2.10. The smallest absolute Gasteiger partial charge is 0.0473 e. The number of likely N-dealkylation sites (N-methyl/N-ethyl adjacent to an activating group) is 1. The molecular formula is C15H29N3. The Kier molecular flexibility index (Phi) is 3.65. The summed E-state index contributed by atoms with van der Waals surface area (Å²) in [5.74, 6) is 0.974. The lowest BCUT2D eigenvalue weighted by molar-refractivity contribution is 0.0608. The highest BCUT2D eigenvalue weighted by Gasteiger charge is 2.47. The van der Waals surface area contributed by atoms with Crippen molar-refractivity contribution < 1.29 is 0 Å². The summed E-state index contributed by atoms with van der Waals surface area (Å²) in [6.45, 7) is 4.56. The van der Waals surface area contributed by atoms with Crippen molar-refractivity contribution in [3.05, 3.63) is 0 Å². The summed E-state index contributed by atoms with van der Waals surface area (Å²) >= 11 is 0. The molecule has 2 N–H and O–H groups in total. The summed E-state index contributed by atoms with van der Waals surface area (Å²) in [4.78, 5) is 5.31. The first kappa shape index (κ1) is 12.9. The molecule has 2 heterocycles. The van der Waals surface area contributed by atoms with Crippen LogP contribution in [0, 0.1) is 5.92 Å². The van der Waals surface area contributed by atoms with E-state index in [2.05, 4.69) is 16.8 Å². The van der Waals surface area contributed by atoms with E-state index in [1.807, 2.05) is 0 Å². The molecule has 18 heavy (non-hydrogen) atoms. The predicted octanol–water partition coefficient (Wildman–Crippen LogP) is 1.67. The summed E-state index contributed by atoms with van der Waals surface area (Å²) < 4.78 is 0. The minimum absolute atomic E-state index is 0.304. The van der Waals surface area contributed by atoms with Gasteiger partial charge in [-0.3, -0.25) is 4.90 Å². The topological polar surface area (TPSA) is 32.5 Å². The molecule has 0 spiro atoms. The van der Waals surface area contributed by atoms with Crippen LogP contribution in [0.3, 0.4) is 0 Å². The zero-order valence-electron chi connectivity index (χ0n) is 11.9. The van der Waals surface area contributed by atoms with Crippen molar-refractivity contribution in [3.8, 4) is 0 Å². The Morgan fingerprint density at radius 2 is 1.89 bits per heavy atom. The van der Waals surface area contributed by atoms with Crippen LogP contribution in [0.25, 0.3) is 0 Å². The van der Waals surface area contributed by atoms with Crippen molar-refractivity contribution in [3.63, 3.8) is 0 Å². The van der Waals surface area contributed by atoms with Crippen LogP contribution >= 0.6 is 0 Å². The van der Waals surface area contributed by atoms with Gasteiger partial charge in [-0.2, -0.15) is 0 Å². The molecule has 2 unspecified atom stereocenters. The zero-order chi connectivity index (χ0) is 12.6. The van der Waals surface area contributed by atoms with Crippen LogP contribution in [-0.2, 0) is 0 Å². The van der Waals surface area contributed by atoms with Crippen LogP contribution in [0.1, 0.15) is 44.9 Å². The molecule has 3 rings (SSSR count). The van der Waals surface area contributed by atoms with Gasteiger partial charge in [0.1, 0.15) is 0 Å². The van der Waals surface area contributed by atoms with Gasteiger partial charge in [-0.1, -0.05) is 12.8 Å². The van der Waals surface area contributed by atoms with Crippen LogP contribution < -0.4 is 5.73 Å². The molecule has 1 saturated carbocycles. The number of hydrogen-bond donors (Lipinski definition) is 1. The Morgan fingerprint density at radius 3 is 2.50 bits per heavy atom. The highest BCUT2D eigenvalue weighted by molar-refractivity contribution is 5.04. The van der Waals surface area contributed by atoms with Gasteiger partial charge in [0.2, 0.25) is 0 Å². The largest absolute Gasteiger partial charge is 0.329 e. The monoisotopic (exact) mass is 251 g/mol. The molecule has 0 aromatic rings. The number of likely N-dealkylation sites (tertiary alicyclic amines) is 2. The minimum atomic E-state index is 0.304. The predicted molar refractivity (Wildman–Crippen MR) is 75.6 cm³/mol. The van der Waals surface area contributed by atoms with E-state index in [0.717, 1.165) is 18.5 Å². The summed E-state index contributed by atoms with van der Waals surface area (Å²) in [6, 6.07) is 0.850. The van der Waals surface area contributed by atoms with Gasteiger partial charge < -0.3 is 10.6 Å². The lowest BCUT2D eigenvalue weighted by Crippen LogP contribution is -2.58. The van der Waals surface area contributed by atoms with Crippen molar-refractivity contribution in [2.45, 2.75) is 56.5 Å². The fraction of sp³-hybridized carbons (Fsp3) is 1.00. The maximum atomic E-state index is 6.20. The Hall–Kier alpha value is -0.120. The average Bonchev–Trinajstić information content (AvgIpc) is 3.08. The Balaban J connectivity index is 1.76. The molecule has 0 aromatic heterocycles. The van der Waals surface area contributed by atoms with Gasteiger partial charge in [0.05, 0.1) is 0 Å². The van der Waals surface area contributed by atoms with E-state index in [4.69, 9.17) is 5.73 Å². The first-order valence-electron chi connectivity index (χ1n) is 7.90. The van der Waals surface area contributed by atoms with E-state index >= 15 is 0 Å². The van der Waals surface area contributed by atoms with Crippen molar-refractivity contribution in [2.24, 2.45) is 11.7 Å². The van der Waals surface area contributed by atoms with Crippen LogP contribution in [0.4, 0.5) is 0 Å². The summed E-state index contributed by atoms with van der Waals surface area (Å²) in [7, 11) is 2.25. The summed E-state index contributed by atoms with van der Waals surface area (Å²) in [5.41, 5.74) is 6.51. The average molecular weight is 251 g/mol. The molecule has 3 fully saturated rings. The fourth-order valence-corrected chi connectivity index (χ4v) is 4.79. The molecule has 3 heteroatoms. The molecule has 2 atom stereocenters. The van der Waals surface area contributed by atoms with Crippen molar-refractivity contribution in [2.75, 3.05) is 33.2 Å². The first-order chi connectivity index (χ1) is 8.75. The molecule has 2 saturated heterocycles. The van der Waals surface area contributed by atoms with E-state index in [9.17, 15) is 0 Å². The van der Waals surface area contributed by atoms with E-state index in [-0.39, 0.29) is 0 Å². The molecule has 0 aromatic carbocycles. The molecule has 104 valence electrons. The van der Waals surface area contributed by atoms with Crippen LogP contribution in [0.2, 0.25) is 0 Å². The molecule has 0 bridgehead atoms. The second-order valence-electron chi connectivity index (χ2n) is 6.86. The zero-order valence-corrected chi connectivity index (χ0v) is 11.9. The number of rotatable bonds is 3. The molecule has 3 nitrogen and oxygen atoms in total. The second-order valence-corrected chi connectivity index (χ2v) is 6.86. The minimum Gasteiger partial charge on any atom is -0.329 e. The molecule has 1 aliphatic carbocycles. The molecular weight excluding hydrogens is 222 g/mol. The first-order valence-corrected chi connectivity index (χ1v) is 7.90. The van der Waals surface area contributed by atoms with Gasteiger partial charge in [0.25, 0.3) is 0 Å². The lowest BCUT2D eigenvalue weighted by atomic mass is 9.89. The molecule has 0 radical (unpaired) electrons. The maximum absolute atomic E-state index is 6.20. The fourth-order valence-electron chi connectivity index (χ4n) is 4.79. The third-order valence-electron chi connectivity index (χ3n) is 5.76. The van der Waals surface area contributed by atoms with Gasteiger partial charge in [-0.05, 0) is 58.2 Å². The highest BCUT2D eigenvalue weighted by atomic mass is 15.3. The SMILES string of the molecule is CN1CCC(CN)(N2CCCC2C2CCCC2)C1. The number of nitrogens with zero attached hydrogens (tertiary/aromatic N) is 2. The second kappa shape index (κ2) is 5.10. The van der Waals surface area contributed by atoms with E-state index < -0.39 is 0 Å². The van der Waals surface area contributed by atoms with Crippen molar-refractivity contribution in [1.29, 1.82) is 0 Å². The quantitative estimate of drug-likeness (QED) is 0.828. The van der Waals surface area contributed by atoms with Crippen LogP contribution in [0.15, 0.2) is 0 Å². The van der Waals surface area contributed by atoms with Crippen molar-refractivity contribution in [1.82, 2.24) is 9.80 Å². The van der Waals surface area contributed by atoms with Gasteiger partial charge in [-0.25, -0.2) is 0 Å². The summed E-state index contributed by atoms with van der Waals surface area (Å²) in [5, 5.41) is 0. The van der Waals surface area contributed by atoms with Gasteiger partial charge in [0, 0.05) is 24.7 Å². The number of hydrogen-bond acceptors (Lipinski definition) is 3. The van der Waals surface area contributed by atoms with E-state index in [1.165, 1.54) is 64.6 Å². The Bertz CT molecular complexity index is 287. The third-order valence-corrected chi connectivity index (χ3v) is 5.76. The van der Waals surface area contributed by atoms with Crippen molar-refractivity contribution >= 4 is 0 Å². The molecule has 2 aliphatic heterocycles. The van der Waals surface area contributed by atoms with Crippen LogP contribution in [-0.4, -0.2) is 54.6 Å². The van der Waals surface area contributed by atoms with Crippen LogP contribution in [0.5, 0.6) is 0 Å². The number of nitrogens with two attached hydrogens (primary N) is 1. The summed E-state index contributed by atoms with van der Waals surface area (Å²) in [6.07, 6.45) is 9.97.